The molecule has 186 valence electrons. The summed E-state index contributed by atoms with van der Waals surface area (Å²) in [5.74, 6) is 0.118. The first-order chi connectivity index (χ1) is 17.6. The third kappa shape index (κ3) is 7.37. The minimum absolute atomic E-state index is 0.101. The molecule has 0 aliphatic rings. The highest BCUT2D eigenvalue weighted by Gasteiger charge is 2.21. The van der Waals surface area contributed by atoms with Gasteiger partial charge < -0.3 is 23.9 Å². The van der Waals surface area contributed by atoms with Crippen LogP contribution in [0, 0.1) is 0 Å². The Labute approximate surface area is 209 Å². The van der Waals surface area contributed by atoms with Crippen molar-refractivity contribution in [1.29, 1.82) is 0 Å². The molecule has 0 unspecified atom stereocenters. The van der Waals surface area contributed by atoms with Gasteiger partial charge in [-0.15, -0.1) is 0 Å². The predicted molar refractivity (Wildman–Crippen MR) is 134 cm³/mol. The number of nitrogens with zero attached hydrogens (tertiary/aromatic N) is 1. The maximum Gasteiger partial charge on any atom is 0.303 e. The van der Waals surface area contributed by atoms with Crippen LogP contribution in [0.5, 0.6) is 11.5 Å². The zero-order valence-corrected chi connectivity index (χ0v) is 20.3. The average Bonchev–Trinajstić information content (AvgIpc) is 3.41. The normalized spacial score (nSPS) is 12.1. The quantitative estimate of drug-likeness (QED) is 0.300. The van der Waals surface area contributed by atoms with Gasteiger partial charge in [0.05, 0.1) is 29.2 Å². The molecule has 1 aromatic heterocycles. The van der Waals surface area contributed by atoms with Gasteiger partial charge in [-0.05, 0) is 75.6 Å². The van der Waals surface area contributed by atoms with Gasteiger partial charge in [0.1, 0.15) is 17.3 Å². The maximum atomic E-state index is 13.6. The van der Waals surface area contributed by atoms with Gasteiger partial charge in [-0.2, -0.15) is 0 Å². The number of carbonyl (C=O) groups is 2. The molecule has 1 amide bonds. The molecular weight excluding hydrogens is 446 g/mol. The van der Waals surface area contributed by atoms with Crippen molar-refractivity contribution >= 4 is 11.9 Å². The molecule has 1 heterocycles. The van der Waals surface area contributed by atoms with Crippen molar-refractivity contribution in [2.45, 2.75) is 52.1 Å². The lowest BCUT2D eigenvalue weighted by Crippen LogP contribution is -2.36. The Morgan fingerprint density at radius 2 is 1.86 bits per heavy atom. The molecule has 1 N–H and O–H groups in total. The number of carboxylic acids is 1. The van der Waals surface area contributed by atoms with E-state index >= 15 is 0 Å². The van der Waals surface area contributed by atoms with E-state index in [2.05, 4.69) is 0 Å². The fourth-order valence-electron chi connectivity index (χ4n) is 3.49. The molecule has 7 heteroatoms. The van der Waals surface area contributed by atoms with Gasteiger partial charge in [0.2, 0.25) is 0 Å². The molecule has 0 bridgehead atoms. The summed E-state index contributed by atoms with van der Waals surface area (Å²) < 4.78 is 34.8. The van der Waals surface area contributed by atoms with Crippen molar-refractivity contribution in [3.05, 3.63) is 72.0 Å². The molecule has 0 radical (unpaired) electrons. The number of rotatable bonds is 13. The molecule has 2 aromatic carbocycles. The minimum atomic E-state index is -2.22. The predicted octanol–water partition coefficient (Wildman–Crippen LogP) is 6.03. The highest BCUT2D eigenvalue weighted by Crippen LogP contribution is 2.28. The van der Waals surface area contributed by atoms with Crippen LogP contribution in [-0.2, 0) is 11.3 Å². The summed E-state index contributed by atoms with van der Waals surface area (Å²) >= 11 is 0. The minimum Gasteiger partial charge on any atom is -0.497 e. The van der Waals surface area contributed by atoms with Crippen molar-refractivity contribution in [3.63, 3.8) is 0 Å². The number of carbonyl (C=O) groups excluding carboxylic acids is 1. The van der Waals surface area contributed by atoms with Gasteiger partial charge in [-0.25, -0.2) is 0 Å². The third-order valence-corrected chi connectivity index (χ3v) is 5.39. The number of aliphatic carboxylic acids is 1. The van der Waals surface area contributed by atoms with Crippen LogP contribution < -0.4 is 9.47 Å². The van der Waals surface area contributed by atoms with Crippen LogP contribution in [-0.4, -0.2) is 41.6 Å². The number of furan rings is 1. The number of amides is 1. The molecule has 35 heavy (non-hydrogen) atoms. The molecular formula is C28H33NO6. The van der Waals surface area contributed by atoms with E-state index in [9.17, 15) is 9.59 Å². The van der Waals surface area contributed by atoms with Gasteiger partial charge >= 0.3 is 5.97 Å². The third-order valence-electron chi connectivity index (χ3n) is 5.39. The second-order valence-corrected chi connectivity index (χ2v) is 8.35. The molecule has 0 atom stereocenters. The topological polar surface area (TPSA) is 89.2 Å². The van der Waals surface area contributed by atoms with Crippen LogP contribution in [0.1, 0.15) is 58.2 Å². The fraction of sp³-hybridized carbons (Fsp3) is 0.357. The summed E-state index contributed by atoms with van der Waals surface area (Å²) in [7, 11) is 1.49. The smallest absolute Gasteiger partial charge is 0.303 e. The van der Waals surface area contributed by atoms with Gasteiger partial charge in [0.25, 0.3) is 5.91 Å². The summed E-state index contributed by atoms with van der Waals surface area (Å²) in [4.78, 5) is 25.5. The Morgan fingerprint density at radius 1 is 1.09 bits per heavy atom. The van der Waals surface area contributed by atoms with E-state index in [-0.39, 0.29) is 12.0 Å². The Bertz CT molecular complexity index is 1180. The van der Waals surface area contributed by atoms with Crippen molar-refractivity contribution in [3.8, 4) is 22.8 Å². The molecule has 0 aliphatic carbocycles. The van der Waals surface area contributed by atoms with Gasteiger partial charge in [-0.3, -0.25) is 9.59 Å². The maximum absolute atomic E-state index is 13.6. The number of benzene rings is 2. The van der Waals surface area contributed by atoms with Gasteiger partial charge in [0, 0.05) is 29.2 Å². The standard InChI is InChI=1S/C28H33NO6/c1-20(2)29(28(32)22-12-10-21(11-13-22)25-8-7-17-35-25)19-23-18-24(33-3)14-15-26(23)34-16-6-4-5-9-27(30)31/h7-8,10-15,17-18,20H,4-6,9,16,19H2,1-3H3,(H,30,31)/i19D2. The summed E-state index contributed by atoms with van der Waals surface area (Å²) in [5, 5.41) is 8.78. The van der Waals surface area contributed by atoms with Crippen molar-refractivity contribution in [1.82, 2.24) is 4.90 Å². The highest BCUT2D eigenvalue weighted by atomic mass is 16.5. The Kier molecular flexibility index (Phi) is 8.32. The lowest BCUT2D eigenvalue weighted by molar-refractivity contribution is -0.137. The second-order valence-electron chi connectivity index (χ2n) is 8.35. The SMILES string of the molecule is [2H]C([2H])(c1cc(OC)ccc1OCCCCCC(=O)O)N(C(=O)c1ccc(-c2ccco2)cc1)C(C)C. The van der Waals surface area contributed by atoms with E-state index in [4.69, 9.17) is 21.7 Å². The van der Waals surface area contributed by atoms with Crippen LogP contribution in [0.2, 0.25) is 0 Å². The Balaban J connectivity index is 1.85. The van der Waals surface area contributed by atoms with Gasteiger partial charge in [0.15, 0.2) is 0 Å². The molecule has 3 aromatic rings. The fourth-order valence-corrected chi connectivity index (χ4v) is 3.49. The lowest BCUT2D eigenvalue weighted by Gasteiger charge is -2.28. The molecule has 7 nitrogen and oxygen atoms in total. The van der Waals surface area contributed by atoms with Crippen LogP contribution in [0.3, 0.4) is 0 Å². The Morgan fingerprint density at radius 3 is 2.49 bits per heavy atom. The zero-order chi connectivity index (χ0) is 27.0. The number of carboxylic acid groups (broad SMARTS) is 1. The van der Waals surface area contributed by atoms with Crippen LogP contribution in [0.15, 0.2) is 65.3 Å². The van der Waals surface area contributed by atoms with E-state index in [0.717, 1.165) is 5.56 Å². The van der Waals surface area contributed by atoms with Crippen LogP contribution >= 0.6 is 0 Å². The van der Waals surface area contributed by atoms with E-state index in [0.29, 0.717) is 48.7 Å². The summed E-state index contributed by atoms with van der Waals surface area (Å²) in [6, 6.07) is 14.8. The van der Waals surface area contributed by atoms with Crippen LogP contribution in [0.25, 0.3) is 11.3 Å². The lowest BCUT2D eigenvalue weighted by atomic mass is 10.1. The number of hydrogen-bond donors (Lipinski definition) is 1. The largest absolute Gasteiger partial charge is 0.497 e. The molecule has 0 fully saturated rings. The van der Waals surface area contributed by atoms with E-state index in [1.165, 1.54) is 12.0 Å². The Hall–Kier alpha value is -3.74. The number of hydrogen-bond acceptors (Lipinski definition) is 5. The second kappa shape index (κ2) is 12.6. The van der Waals surface area contributed by atoms with E-state index < -0.39 is 24.4 Å². The van der Waals surface area contributed by atoms with Crippen molar-refractivity contribution in [2.75, 3.05) is 13.7 Å². The average molecular weight is 482 g/mol. The number of ether oxygens (including phenoxy) is 2. The summed E-state index contributed by atoms with van der Waals surface area (Å²) in [6.07, 6.45) is 3.52. The number of unbranched alkanes of at least 4 members (excludes halogenated alkanes) is 2. The molecule has 0 saturated heterocycles. The molecule has 0 spiro atoms. The highest BCUT2D eigenvalue weighted by molar-refractivity contribution is 5.94. The van der Waals surface area contributed by atoms with E-state index in [1.807, 2.05) is 6.07 Å². The first-order valence-electron chi connectivity index (χ1n) is 12.7. The van der Waals surface area contributed by atoms with Gasteiger partial charge in [-0.1, -0.05) is 12.1 Å². The summed E-state index contributed by atoms with van der Waals surface area (Å²) in [5.41, 5.74) is 1.33. The van der Waals surface area contributed by atoms with E-state index in [1.54, 1.807) is 68.6 Å². The number of methoxy groups -OCH3 is 1. The summed E-state index contributed by atoms with van der Waals surface area (Å²) in [6.45, 7) is 1.59. The first-order valence-corrected chi connectivity index (χ1v) is 11.7. The molecule has 3 rings (SSSR count). The zero-order valence-electron chi connectivity index (χ0n) is 22.3. The van der Waals surface area contributed by atoms with Crippen molar-refractivity contribution in [2.24, 2.45) is 0 Å². The molecule has 0 saturated carbocycles. The van der Waals surface area contributed by atoms with Crippen molar-refractivity contribution < 1.29 is 31.3 Å². The van der Waals surface area contributed by atoms with Crippen LogP contribution in [0.4, 0.5) is 0 Å². The monoisotopic (exact) mass is 481 g/mol. The molecule has 0 aliphatic heterocycles. The first kappa shape index (κ1) is 23.0.